The molecule has 106 valence electrons. The number of rotatable bonds is 4. The summed E-state index contributed by atoms with van der Waals surface area (Å²) in [7, 11) is 0. The van der Waals surface area contributed by atoms with Crippen LogP contribution in [0.5, 0.6) is 0 Å². The van der Waals surface area contributed by atoms with Gasteiger partial charge in [0, 0.05) is 0 Å². The third-order valence-corrected chi connectivity index (χ3v) is 4.00. The third-order valence-electron chi connectivity index (χ3n) is 4.00. The van der Waals surface area contributed by atoms with Crippen LogP contribution in [0.25, 0.3) is 0 Å². The van der Waals surface area contributed by atoms with Crippen LogP contribution in [0.1, 0.15) is 54.9 Å². The minimum absolute atomic E-state index is 0.168. The molecule has 0 aliphatic carbocycles. The predicted molar refractivity (Wildman–Crippen MR) is 83.8 cm³/mol. The molecule has 0 spiro atoms. The molecule has 0 saturated carbocycles. The highest BCUT2D eigenvalue weighted by Gasteiger charge is 2.10. The van der Waals surface area contributed by atoms with Gasteiger partial charge in [-0.1, -0.05) is 51.1 Å². The monoisotopic (exact) mass is 270 g/mol. The standard InChI is InChI=1S/C19H23F/c1-13(2)17-6-5-14(3)18(12-17)11-15(4)16-7-9-19(20)10-8-16/h5-10,12-13,15H,11H2,1-4H3. The van der Waals surface area contributed by atoms with E-state index in [0.29, 0.717) is 11.8 Å². The molecule has 0 saturated heterocycles. The minimum Gasteiger partial charge on any atom is -0.207 e. The summed E-state index contributed by atoms with van der Waals surface area (Å²) in [6.45, 7) is 8.81. The van der Waals surface area contributed by atoms with E-state index in [2.05, 4.69) is 45.9 Å². The van der Waals surface area contributed by atoms with Crippen LogP contribution >= 0.6 is 0 Å². The van der Waals surface area contributed by atoms with Crippen LogP contribution in [0.2, 0.25) is 0 Å². The third kappa shape index (κ3) is 3.47. The van der Waals surface area contributed by atoms with Crippen LogP contribution in [-0.4, -0.2) is 0 Å². The topological polar surface area (TPSA) is 0 Å². The molecule has 0 fully saturated rings. The second kappa shape index (κ2) is 6.21. The first-order chi connectivity index (χ1) is 9.47. The zero-order valence-electron chi connectivity index (χ0n) is 12.8. The van der Waals surface area contributed by atoms with Crippen LogP contribution in [-0.2, 0) is 6.42 Å². The molecule has 0 aliphatic rings. The molecule has 0 bridgehead atoms. The first-order valence-corrected chi connectivity index (χ1v) is 7.32. The van der Waals surface area contributed by atoms with Gasteiger partial charge in [0.2, 0.25) is 0 Å². The Morgan fingerprint density at radius 1 is 0.900 bits per heavy atom. The average Bonchev–Trinajstić information content (AvgIpc) is 2.41. The van der Waals surface area contributed by atoms with Gasteiger partial charge >= 0.3 is 0 Å². The molecule has 0 amide bonds. The summed E-state index contributed by atoms with van der Waals surface area (Å²) in [6, 6.07) is 13.6. The van der Waals surface area contributed by atoms with Gasteiger partial charge in [0.05, 0.1) is 0 Å². The number of hydrogen-bond acceptors (Lipinski definition) is 0. The Morgan fingerprint density at radius 2 is 1.50 bits per heavy atom. The van der Waals surface area contributed by atoms with Crippen LogP contribution in [0.3, 0.4) is 0 Å². The fraction of sp³-hybridized carbons (Fsp3) is 0.368. The van der Waals surface area contributed by atoms with Gasteiger partial charge in [-0.25, -0.2) is 4.39 Å². The SMILES string of the molecule is Cc1ccc(C(C)C)cc1CC(C)c1ccc(F)cc1. The molecule has 0 N–H and O–H groups in total. The van der Waals surface area contributed by atoms with Gasteiger partial charge < -0.3 is 0 Å². The lowest BCUT2D eigenvalue weighted by atomic mass is 9.89. The van der Waals surface area contributed by atoms with Crippen molar-refractivity contribution in [3.05, 3.63) is 70.5 Å². The van der Waals surface area contributed by atoms with Gasteiger partial charge in [0.25, 0.3) is 0 Å². The Kier molecular flexibility index (Phi) is 4.59. The van der Waals surface area contributed by atoms with Crippen molar-refractivity contribution >= 4 is 0 Å². The molecule has 2 rings (SSSR count). The number of hydrogen-bond donors (Lipinski definition) is 0. The van der Waals surface area contributed by atoms with Crippen LogP contribution in [0, 0.1) is 12.7 Å². The largest absolute Gasteiger partial charge is 0.207 e. The molecule has 0 heterocycles. The average molecular weight is 270 g/mol. The molecular weight excluding hydrogens is 247 g/mol. The van der Waals surface area contributed by atoms with Gasteiger partial charge in [-0.3, -0.25) is 0 Å². The predicted octanol–water partition coefficient (Wildman–Crippen LogP) is 5.60. The van der Waals surface area contributed by atoms with Gasteiger partial charge in [0.15, 0.2) is 0 Å². The summed E-state index contributed by atoms with van der Waals surface area (Å²) in [5.41, 5.74) is 5.31. The van der Waals surface area contributed by atoms with E-state index in [-0.39, 0.29) is 5.82 Å². The van der Waals surface area contributed by atoms with E-state index in [4.69, 9.17) is 0 Å². The summed E-state index contributed by atoms with van der Waals surface area (Å²) >= 11 is 0. The number of aryl methyl sites for hydroxylation is 1. The normalized spacial score (nSPS) is 12.7. The molecule has 2 aromatic carbocycles. The minimum atomic E-state index is -0.168. The fourth-order valence-corrected chi connectivity index (χ4v) is 2.51. The molecule has 0 aromatic heterocycles. The fourth-order valence-electron chi connectivity index (χ4n) is 2.51. The lowest BCUT2D eigenvalue weighted by Gasteiger charge is -2.16. The van der Waals surface area contributed by atoms with Gasteiger partial charge in [0.1, 0.15) is 5.82 Å². The van der Waals surface area contributed by atoms with Crippen molar-refractivity contribution in [3.8, 4) is 0 Å². The van der Waals surface area contributed by atoms with Crippen molar-refractivity contribution in [2.75, 3.05) is 0 Å². The quantitative estimate of drug-likeness (QED) is 0.678. The lowest BCUT2D eigenvalue weighted by Crippen LogP contribution is -2.02. The van der Waals surface area contributed by atoms with E-state index >= 15 is 0 Å². The van der Waals surface area contributed by atoms with Crippen LogP contribution in [0.4, 0.5) is 4.39 Å². The van der Waals surface area contributed by atoms with Gasteiger partial charge in [-0.2, -0.15) is 0 Å². The zero-order valence-corrected chi connectivity index (χ0v) is 12.8. The van der Waals surface area contributed by atoms with E-state index in [1.165, 1.54) is 22.3 Å². The lowest BCUT2D eigenvalue weighted by molar-refractivity contribution is 0.625. The molecule has 0 nitrogen and oxygen atoms in total. The van der Waals surface area contributed by atoms with E-state index in [9.17, 15) is 4.39 Å². The van der Waals surface area contributed by atoms with Gasteiger partial charge in [-0.05, 0) is 59.6 Å². The second-order valence-electron chi connectivity index (χ2n) is 6.00. The summed E-state index contributed by atoms with van der Waals surface area (Å²) in [5.74, 6) is 0.783. The maximum absolute atomic E-state index is 13.0. The molecule has 1 atom stereocenters. The number of benzene rings is 2. The molecule has 20 heavy (non-hydrogen) atoms. The van der Waals surface area contributed by atoms with Crippen molar-refractivity contribution in [2.24, 2.45) is 0 Å². The molecule has 0 radical (unpaired) electrons. The van der Waals surface area contributed by atoms with Crippen molar-refractivity contribution in [1.29, 1.82) is 0 Å². The number of halogens is 1. The van der Waals surface area contributed by atoms with Crippen molar-refractivity contribution in [1.82, 2.24) is 0 Å². The maximum Gasteiger partial charge on any atom is 0.123 e. The first-order valence-electron chi connectivity index (χ1n) is 7.32. The second-order valence-corrected chi connectivity index (χ2v) is 6.00. The molecule has 2 aromatic rings. The molecule has 0 aliphatic heterocycles. The Labute approximate surface area is 121 Å². The summed E-state index contributed by atoms with van der Waals surface area (Å²) in [5, 5.41) is 0. The Morgan fingerprint density at radius 3 is 2.10 bits per heavy atom. The smallest absolute Gasteiger partial charge is 0.123 e. The maximum atomic E-state index is 13.0. The summed E-state index contributed by atoms with van der Waals surface area (Å²) in [6.07, 6.45) is 0.998. The van der Waals surface area contributed by atoms with Crippen LogP contribution in [0.15, 0.2) is 42.5 Å². The Balaban J connectivity index is 2.20. The van der Waals surface area contributed by atoms with Crippen LogP contribution < -0.4 is 0 Å². The zero-order chi connectivity index (χ0) is 14.7. The van der Waals surface area contributed by atoms with E-state index < -0.39 is 0 Å². The van der Waals surface area contributed by atoms with E-state index in [0.717, 1.165) is 6.42 Å². The van der Waals surface area contributed by atoms with Crippen molar-refractivity contribution in [3.63, 3.8) is 0 Å². The molecule has 1 unspecified atom stereocenters. The molecular formula is C19H23F. The highest BCUT2D eigenvalue weighted by molar-refractivity contribution is 5.34. The van der Waals surface area contributed by atoms with Crippen molar-refractivity contribution < 1.29 is 4.39 Å². The Hall–Kier alpha value is -1.63. The van der Waals surface area contributed by atoms with Gasteiger partial charge in [-0.15, -0.1) is 0 Å². The first kappa shape index (κ1) is 14.8. The van der Waals surface area contributed by atoms with E-state index in [1.54, 1.807) is 12.1 Å². The summed E-state index contributed by atoms with van der Waals surface area (Å²) in [4.78, 5) is 0. The summed E-state index contributed by atoms with van der Waals surface area (Å²) < 4.78 is 13.0. The Bertz CT molecular complexity index is 567. The van der Waals surface area contributed by atoms with Crippen molar-refractivity contribution in [2.45, 2.75) is 46.0 Å². The van der Waals surface area contributed by atoms with E-state index in [1.807, 2.05) is 12.1 Å². The molecule has 1 heteroatoms. The highest BCUT2D eigenvalue weighted by Crippen LogP contribution is 2.25. The highest BCUT2D eigenvalue weighted by atomic mass is 19.1.